The van der Waals surface area contributed by atoms with E-state index in [4.69, 9.17) is 0 Å². The molecule has 0 atom stereocenters. The zero-order valence-electron chi connectivity index (χ0n) is 20.3. The summed E-state index contributed by atoms with van der Waals surface area (Å²) in [5.74, 6) is 1.06. The maximum absolute atomic E-state index is 13.0. The molecule has 2 heterocycles. The quantitative estimate of drug-likeness (QED) is 0.371. The Morgan fingerprint density at radius 1 is 1.00 bits per heavy atom. The zero-order chi connectivity index (χ0) is 24.1. The van der Waals surface area contributed by atoms with E-state index < -0.39 is 0 Å². The SMILES string of the molecule is Cc1ccc(Cc2c(C)nc(SCC(=O)N3CCC(Cc4ccccc4)CC3)n(C)c2=O)cc1. The maximum Gasteiger partial charge on any atom is 0.257 e. The maximum atomic E-state index is 13.0. The molecule has 0 unspecified atom stereocenters. The Bertz CT molecular complexity index is 1180. The lowest BCUT2D eigenvalue weighted by molar-refractivity contribution is -0.129. The summed E-state index contributed by atoms with van der Waals surface area (Å²) in [7, 11) is 1.75. The molecule has 1 saturated heterocycles. The first kappa shape index (κ1) is 24.3. The van der Waals surface area contributed by atoms with Gasteiger partial charge < -0.3 is 4.90 Å². The second kappa shape index (κ2) is 11.0. The molecule has 4 rings (SSSR count). The Kier molecular flexibility index (Phi) is 7.88. The molecule has 178 valence electrons. The van der Waals surface area contributed by atoms with Crippen LogP contribution in [0.25, 0.3) is 0 Å². The van der Waals surface area contributed by atoms with E-state index in [-0.39, 0.29) is 11.5 Å². The van der Waals surface area contributed by atoms with Gasteiger partial charge in [-0.1, -0.05) is 71.9 Å². The molecule has 0 radical (unpaired) electrons. The van der Waals surface area contributed by atoms with Crippen molar-refractivity contribution in [2.75, 3.05) is 18.8 Å². The van der Waals surface area contributed by atoms with E-state index >= 15 is 0 Å². The Morgan fingerprint density at radius 3 is 2.35 bits per heavy atom. The molecule has 0 N–H and O–H groups in total. The molecule has 1 fully saturated rings. The van der Waals surface area contributed by atoms with Crippen LogP contribution in [0.3, 0.4) is 0 Å². The Labute approximate surface area is 206 Å². The van der Waals surface area contributed by atoms with Gasteiger partial charge in [0.2, 0.25) is 5.91 Å². The second-order valence-electron chi connectivity index (χ2n) is 9.29. The number of amides is 1. The van der Waals surface area contributed by atoms with Gasteiger partial charge in [0.05, 0.1) is 5.75 Å². The predicted molar refractivity (Wildman–Crippen MR) is 138 cm³/mol. The lowest BCUT2D eigenvalue weighted by Crippen LogP contribution is -2.40. The average Bonchev–Trinajstić information content (AvgIpc) is 2.85. The lowest BCUT2D eigenvalue weighted by Gasteiger charge is -2.32. The summed E-state index contributed by atoms with van der Waals surface area (Å²) in [6.45, 7) is 5.54. The van der Waals surface area contributed by atoms with Crippen molar-refractivity contribution in [1.29, 1.82) is 0 Å². The summed E-state index contributed by atoms with van der Waals surface area (Å²) in [6.07, 6.45) is 3.72. The number of aromatic nitrogens is 2. The van der Waals surface area contributed by atoms with Crippen LogP contribution in [-0.4, -0.2) is 39.2 Å². The van der Waals surface area contributed by atoms with E-state index in [1.807, 2.05) is 17.9 Å². The van der Waals surface area contributed by atoms with E-state index in [9.17, 15) is 9.59 Å². The summed E-state index contributed by atoms with van der Waals surface area (Å²) >= 11 is 1.36. The number of benzene rings is 2. The number of aryl methyl sites for hydroxylation is 2. The van der Waals surface area contributed by atoms with Crippen molar-refractivity contribution < 1.29 is 4.79 Å². The molecule has 1 aromatic heterocycles. The van der Waals surface area contributed by atoms with Crippen molar-refractivity contribution in [3.05, 3.63) is 92.9 Å². The number of carbonyl (C=O) groups excluding carboxylic acids is 1. The molecule has 5 nitrogen and oxygen atoms in total. The third-order valence-corrected chi connectivity index (χ3v) is 7.73. The van der Waals surface area contributed by atoms with Crippen LogP contribution in [0.2, 0.25) is 0 Å². The Hall–Kier alpha value is -2.86. The molecular weight excluding hydrogens is 442 g/mol. The fraction of sp³-hybridized carbons (Fsp3) is 0.393. The van der Waals surface area contributed by atoms with Gasteiger partial charge in [-0.2, -0.15) is 0 Å². The fourth-order valence-electron chi connectivity index (χ4n) is 4.52. The van der Waals surface area contributed by atoms with Crippen LogP contribution in [0.4, 0.5) is 0 Å². The van der Waals surface area contributed by atoms with Gasteiger partial charge in [-0.05, 0) is 50.2 Å². The van der Waals surface area contributed by atoms with Crippen LogP contribution in [0, 0.1) is 19.8 Å². The van der Waals surface area contributed by atoms with E-state index in [0.717, 1.165) is 43.6 Å². The number of carbonyl (C=O) groups is 1. The normalized spacial score (nSPS) is 14.4. The molecule has 2 aromatic carbocycles. The molecule has 1 aliphatic rings. The highest BCUT2D eigenvalue weighted by Crippen LogP contribution is 2.23. The summed E-state index contributed by atoms with van der Waals surface area (Å²) < 4.78 is 1.58. The molecule has 1 aliphatic heterocycles. The molecule has 34 heavy (non-hydrogen) atoms. The molecule has 6 heteroatoms. The summed E-state index contributed by atoms with van der Waals surface area (Å²) in [5.41, 5.74) is 5.07. The predicted octanol–water partition coefficient (Wildman–Crippen LogP) is 4.56. The van der Waals surface area contributed by atoms with Gasteiger partial charge in [0.25, 0.3) is 5.56 Å². The van der Waals surface area contributed by atoms with Crippen LogP contribution in [0.15, 0.2) is 64.5 Å². The topological polar surface area (TPSA) is 55.2 Å². The van der Waals surface area contributed by atoms with E-state index in [2.05, 4.69) is 60.4 Å². The van der Waals surface area contributed by atoms with Gasteiger partial charge in [0.1, 0.15) is 0 Å². The number of hydrogen-bond acceptors (Lipinski definition) is 4. The van der Waals surface area contributed by atoms with Crippen molar-refractivity contribution in [3.63, 3.8) is 0 Å². The molecule has 0 spiro atoms. The summed E-state index contributed by atoms with van der Waals surface area (Å²) in [6, 6.07) is 18.8. The van der Waals surface area contributed by atoms with Gasteiger partial charge >= 0.3 is 0 Å². The van der Waals surface area contributed by atoms with Gasteiger partial charge in [0, 0.05) is 37.8 Å². The monoisotopic (exact) mass is 475 g/mol. The van der Waals surface area contributed by atoms with Crippen LogP contribution in [0.1, 0.15) is 40.8 Å². The Balaban J connectivity index is 1.33. The highest BCUT2D eigenvalue weighted by Gasteiger charge is 2.23. The summed E-state index contributed by atoms with van der Waals surface area (Å²) in [4.78, 5) is 32.5. The zero-order valence-corrected chi connectivity index (χ0v) is 21.1. The van der Waals surface area contributed by atoms with Crippen molar-refractivity contribution in [1.82, 2.24) is 14.5 Å². The Morgan fingerprint density at radius 2 is 1.68 bits per heavy atom. The number of rotatable bonds is 7. The molecule has 1 amide bonds. The minimum absolute atomic E-state index is 0.0373. The minimum Gasteiger partial charge on any atom is -0.342 e. The van der Waals surface area contributed by atoms with E-state index in [1.54, 1.807) is 11.6 Å². The van der Waals surface area contributed by atoms with Crippen LogP contribution >= 0.6 is 11.8 Å². The number of hydrogen-bond donors (Lipinski definition) is 0. The van der Waals surface area contributed by atoms with Gasteiger partial charge in [-0.3, -0.25) is 14.2 Å². The van der Waals surface area contributed by atoms with Crippen molar-refractivity contribution in [2.45, 2.75) is 44.7 Å². The first-order valence-corrected chi connectivity index (χ1v) is 13.0. The average molecular weight is 476 g/mol. The standard InChI is InChI=1S/C28H33N3O2S/c1-20-9-11-23(12-10-20)18-25-21(2)29-28(30(3)27(25)33)34-19-26(32)31-15-13-24(14-16-31)17-22-7-5-4-6-8-22/h4-12,24H,13-19H2,1-3H3. The third-order valence-electron chi connectivity index (χ3n) is 6.71. The minimum atomic E-state index is -0.0373. The molecule has 0 saturated carbocycles. The highest BCUT2D eigenvalue weighted by molar-refractivity contribution is 7.99. The first-order chi connectivity index (χ1) is 16.4. The van der Waals surface area contributed by atoms with Crippen molar-refractivity contribution in [2.24, 2.45) is 13.0 Å². The van der Waals surface area contributed by atoms with Gasteiger partial charge in [-0.15, -0.1) is 0 Å². The van der Waals surface area contributed by atoms with Gasteiger partial charge in [-0.25, -0.2) is 4.98 Å². The number of thioether (sulfide) groups is 1. The molecule has 0 aliphatic carbocycles. The fourth-order valence-corrected chi connectivity index (χ4v) is 5.44. The molecule has 0 bridgehead atoms. The van der Waals surface area contributed by atoms with Crippen molar-refractivity contribution >= 4 is 17.7 Å². The number of likely N-dealkylation sites (tertiary alicyclic amines) is 1. The van der Waals surface area contributed by atoms with E-state index in [0.29, 0.717) is 28.8 Å². The molecule has 3 aromatic rings. The van der Waals surface area contributed by atoms with E-state index in [1.165, 1.54) is 22.9 Å². The molecular formula is C28H33N3O2S. The van der Waals surface area contributed by atoms with Crippen LogP contribution in [-0.2, 0) is 24.7 Å². The highest BCUT2D eigenvalue weighted by atomic mass is 32.2. The largest absolute Gasteiger partial charge is 0.342 e. The first-order valence-electron chi connectivity index (χ1n) is 12.0. The number of nitrogens with zero attached hydrogens (tertiary/aromatic N) is 3. The number of piperidine rings is 1. The van der Waals surface area contributed by atoms with Crippen molar-refractivity contribution in [3.8, 4) is 0 Å². The smallest absolute Gasteiger partial charge is 0.257 e. The van der Waals surface area contributed by atoms with Crippen LogP contribution < -0.4 is 5.56 Å². The lowest BCUT2D eigenvalue weighted by atomic mass is 9.90. The second-order valence-corrected chi connectivity index (χ2v) is 10.2. The van der Waals surface area contributed by atoms with Gasteiger partial charge in [0.15, 0.2) is 5.16 Å². The third kappa shape index (κ3) is 5.98. The van der Waals surface area contributed by atoms with Crippen LogP contribution in [0.5, 0.6) is 0 Å². The summed E-state index contributed by atoms with van der Waals surface area (Å²) in [5, 5.41) is 0.600.